The molecule has 1 saturated carbocycles. The Bertz CT molecular complexity index is 1580. The van der Waals surface area contributed by atoms with Crippen molar-refractivity contribution >= 4 is 33.3 Å². The zero-order valence-corrected chi connectivity index (χ0v) is 24.4. The Kier molecular flexibility index (Phi) is 7.16. The SMILES string of the molecule is Cc1ccc([C@H](Nc2nc(C)c(-c3nc4ccccc4s3)c(N[C@@]34CC[C@H](CO)[C@H]3OC(C)(C)O4)n2)C(F)(F)F)cc1. The van der Waals surface area contributed by atoms with Crippen molar-refractivity contribution in [1.29, 1.82) is 0 Å². The highest BCUT2D eigenvalue weighted by atomic mass is 32.1. The second-order valence-corrected chi connectivity index (χ2v) is 12.4. The van der Waals surface area contributed by atoms with Gasteiger partial charge in [0, 0.05) is 12.5 Å². The Morgan fingerprint density at radius 3 is 2.50 bits per heavy atom. The van der Waals surface area contributed by atoms with Crippen LogP contribution in [0.1, 0.15) is 49.6 Å². The molecule has 2 aliphatic rings. The zero-order chi connectivity index (χ0) is 29.9. The maximum Gasteiger partial charge on any atom is 0.412 e. The number of nitrogens with zero attached hydrogens (tertiary/aromatic N) is 3. The number of para-hydroxylation sites is 1. The molecule has 0 spiro atoms. The first-order valence-corrected chi connectivity index (χ1v) is 14.6. The maximum atomic E-state index is 14.3. The van der Waals surface area contributed by atoms with E-state index in [1.54, 1.807) is 32.9 Å². The average molecular weight is 600 g/mol. The standard InChI is InChI=1S/C30H32F3N5O3S/c1-16-9-11-18(12-10-16)23(30(31,32)33)36-27-34-17(2)22(26-35-20-7-5-6-8-21(20)42-26)25(37-27)38-29-14-13-19(15-39)24(29)40-28(3,4)41-29/h5-12,19,23-24,39H,13-15H2,1-4H3,(H2,34,36,37,38)/t19-,23+,24-,29-/m1/s1. The van der Waals surface area contributed by atoms with E-state index in [1.807, 2.05) is 31.2 Å². The summed E-state index contributed by atoms with van der Waals surface area (Å²) in [4.78, 5) is 13.9. The van der Waals surface area contributed by atoms with Gasteiger partial charge in [-0.05, 0) is 58.2 Å². The molecule has 2 fully saturated rings. The van der Waals surface area contributed by atoms with Gasteiger partial charge in [-0.25, -0.2) is 9.97 Å². The number of nitrogens with one attached hydrogen (secondary N) is 2. The molecule has 4 atom stereocenters. The molecule has 2 aromatic carbocycles. The summed E-state index contributed by atoms with van der Waals surface area (Å²) in [5.41, 5.74) is 1.65. The van der Waals surface area contributed by atoms with Crippen LogP contribution in [0.15, 0.2) is 48.5 Å². The number of halogens is 3. The van der Waals surface area contributed by atoms with Crippen LogP contribution < -0.4 is 10.6 Å². The second kappa shape index (κ2) is 10.4. The van der Waals surface area contributed by atoms with Gasteiger partial charge < -0.3 is 25.2 Å². The van der Waals surface area contributed by atoms with Gasteiger partial charge in [0.15, 0.2) is 17.6 Å². The first kappa shape index (κ1) is 28.8. The molecular weight excluding hydrogens is 567 g/mol. The second-order valence-electron chi connectivity index (χ2n) is 11.4. The molecule has 12 heteroatoms. The van der Waals surface area contributed by atoms with Gasteiger partial charge in [0.1, 0.15) is 16.9 Å². The van der Waals surface area contributed by atoms with Crippen molar-refractivity contribution in [3.63, 3.8) is 0 Å². The van der Waals surface area contributed by atoms with Crippen LogP contribution in [0.4, 0.5) is 24.9 Å². The van der Waals surface area contributed by atoms with E-state index < -0.39 is 29.8 Å². The predicted molar refractivity (Wildman–Crippen MR) is 155 cm³/mol. The van der Waals surface area contributed by atoms with E-state index in [0.717, 1.165) is 15.8 Å². The number of aliphatic hydroxyl groups is 1. The van der Waals surface area contributed by atoms with Gasteiger partial charge in [0.2, 0.25) is 5.95 Å². The summed E-state index contributed by atoms with van der Waals surface area (Å²) in [7, 11) is 0. The number of ether oxygens (including phenoxy) is 2. The lowest BCUT2D eigenvalue weighted by atomic mass is 10.0. The topological polar surface area (TPSA) is 101 Å². The highest BCUT2D eigenvalue weighted by Gasteiger charge is 2.60. The van der Waals surface area contributed by atoms with Crippen LogP contribution in [-0.2, 0) is 9.47 Å². The molecule has 1 aliphatic carbocycles. The first-order chi connectivity index (χ1) is 19.9. The lowest BCUT2D eigenvalue weighted by Crippen LogP contribution is -2.46. The Hall–Kier alpha value is -3.32. The quantitative estimate of drug-likeness (QED) is 0.215. The summed E-state index contributed by atoms with van der Waals surface area (Å²) in [5.74, 6) is -1.04. The molecule has 4 aromatic rings. The third kappa shape index (κ3) is 5.32. The molecule has 6 rings (SSSR count). The van der Waals surface area contributed by atoms with Gasteiger partial charge >= 0.3 is 6.18 Å². The van der Waals surface area contributed by atoms with Gasteiger partial charge in [0.05, 0.1) is 21.5 Å². The van der Waals surface area contributed by atoms with Crippen molar-refractivity contribution < 1.29 is 27.8 Å². The summed E-state index contributed by atoms with van der Waals surface area (Å²) in [5, 5.41) is 16.6. The minimum Gasteiger partial charge on any atom is -0.396 e. The molecule has 2 aromatic heterocycles. The van der Waals surface area contributed by atoms with Crippen LogP contribution in [0.25, 0.3) is 20.8 Å². The predicted octanol–water partition coefficient (Wildman–Crippen LogP) is 6.75. The lowest BCUT2D eigenvalue weighted by Gasteiger charge is -2.31. The smallest absolute Gasteiger partial charge is 0.396 e. The Morgan fingerprint density at radius 2 is 1.81 bits per heavy atom. The van der Waals surface area contributed by atoms with E-state index >= 15 is 0 Å². The molecule has 0 amide bonds. The molecule has 8 nitrogen and oxygen atoms in total. The minimum absolute atomic E-state index is 0.0497. The zero-order valence-electron chi connectivity index (χ0n) is 23.6. The Balaban J connectivity index is 1.46. The number of hydrogen-bond acceptors (Lipinski definition) is 9. The van der Waals surface area contributed by atoms with Crippen molar-refractivity contribution in [3.8, 4) is 10.6 Å². The molecule has 0 bridgehead atoms. The minimum atomic E-state index is -4.61. The van der Waals surface area contributed by atoms with Crippen LogP contribution in [-0.4, -0.2) is 50.5 Å². The van der Waals surface area contributed by atoms with Crippen LogP contribution in [0.2, 0.25) is 0 Å². The van der Waals surface area contributed by atoms with Gasteiger partial charge in [-0.2, -0.15) is 18.2 Å². The normalized spacial score (nSPS) is 24.1. The number of alkyl halides is 3. The fourth-order valence-corrected chi connectivity index (χ4v) is 6.96. The number of benzene rings is 2. The van der Waals surface area contributed by atoms with E-state index in [1.165, 1.54) is 23.5 Å². The number of thiazole rings is 1. The van der Waals surface area contributed by atoms with E-state index in [2.05, 4.69) is 20.6 Å². The van der Waals surface area contributed by atoms with Crippen molar-refractivity contribution in [3.05, 3.63) is 65.4 Å². The third-order valence-electron chi connectivity index (χ3n) is 7.79. The lowest BCUT2D eigenvalue weighted by molar-refractivity contribution is -0.168. The van der Waals surface area contributed by atoms with Crippen molar-refractivity contribution in [2.75, 3.05) is 17.2 Å². The first-order valence-electron chi connectivity index (χ1n) is 13.8. The van der Waals surface area contributed by atoms with Crippen molar-refractivity contribution in [2.45, 2.75) is 70.4 Å². The van der Waals surface area contributed by atoms with Gasteiger partial charge in [0.25, 0.3) is 0 Å². The Morgan fingerprint density at radius 1 is 1.07 bits per heavy atom. The molecule has 0 radical (unpaired) electrons. The summed E-state index contributed by atoms with van der Waals surface area (Å²) in [6.45, 7) is 7.05. The van der Waals surface area contributed by atoms with Crippen LogP contribution in [0, 0.1) is 19.8 Å². The monoisotopic (exact) mass is 599 g/mol. The molecule has 3 N–H and O–H groups in total. The van der Waals surface area contributed by atoms with Crippen molar-refractivity contribution in [2.24, 2.45) is 5.92 Å². The fourth-order valence-electron chi connectivity index (χ4n) is 5.89. The number of hydrogen-bond donors (Lipinski definition) is 3. The van der Waals surface area contributed by atoms with E-state index in [4.69, 9.17) is 14.5 Å². The average Bonchev–Trinajstić information content (AvgIpc) is 3.55. The molecule has 1 aliphatic heterocycles. The molecule has 42 heavy (non-hydrogen) atoms. The number of aliphatic hydroxyl groups excluding tert-OH is 1. The van der Waals surface area contributed by atoms with E-state index in [0.29, 0.717) is 29.1 Å². The van der Waals surface area contributed by atoms with Gasteiger partial charge in [-0.1, -0.05) is 42.0 Å². The third-order valence-corrected chi connectivity index (χ3v) is 8.84. The van der Waals surface area contributed by atoms with Crippen LogP contribution in [0.3, 0.4) is 0 Å². The van der Waals surface area contributed by atoms with E-state index in [9.17, 15) is 18.3 Å². The number of rotatable bonds is 7. The molecule has 1 saturated heterocycles. The maximum absolute atomic E-state index is 14.3. The molecule has 222 valence electrons. The highest BCUT2D eigenvalue weighted by Crippen LogP contribution is 2.50. The Labute approximate surface area is 245 Å². The van der Waals surface area contributed by atoms with Gasteiger partial charge in [-0.15, -0.1) is 11.3 Å². The van der Waals surface area contributed by atoms with E-state index in [-0.39, 0.29) is 29.9 Å². The molecular formula is C30H32F3N5O3S. The number of anilines is 2. The molecule has 0 unspecified atom stereocenters. The number of fused-ring (bicyclic) bond motifs is 2. The summed E-state index contributed by atoms with van der Waals surface area (Å²) in [6, 6.07) is 11.8. The van der Waals surface area contributed by atoms with Crippen LogP contribution >= 0.6 is 11.3 Å². The summed E-state index contributed by atoms with van der Waals surface area (Å²) in [6.07, 6.45) is -3.96. The van der Waals surface area contributed by atoms with Gasteiger partial charge in [-0.3, -0.25) is 0 Å². The van der Waals surface area contributed by atoms with Crippen molar-refractivity contribution in [1.82, 2.24) is 15.0 Å². The number of aromatic nitrogens is 3. The largest absolute Gasteiger partial charge is 0.412 e. The highest BCUT2D eigenvalue weighted by molar-refractivity contribution is 7.21. The summed E-state index contributed by atoms with van der Waals surface area (Å²) < 4.78 is 56.6. The fraction of sp³-hybridized carbons (Fsp3) is 0.433. The summed E-state index contributed by atoms with van der Waals surface area (Å²) >= 11 is 1.44. The number of aryl methyl sites for hydroxylation is 2. The molecule has 3 heterocycles. The van der Waals surface area contributed by atoms with Crippen LogP contribution in [0.5, 0.6) is 0 Å².